The van der Waals surface area contributed by atoms with Gasteiger partial charge >= 0.3 is 0 Å². The van der Waals surface area contributed by atoms with Gasteiger partial charge in [0.25, 0.3) is 0 Å². The number of methoxy groups -OCH3 is 2. The molecule has 1 unspecified atom stereocenters. The van der Waals surface area contributed by atoms with E-state index in [0.717, 1.165) is 29.9 Å². The number of fused-ring (bicyclic) bond motifs is 1. The van der Waals surface area contributed by atoms with Gasteiger partial charge in [0.05, 0.1) is 20.3 Å². The topological polar surface area (TPSA) is 38.7 Å². The summed E-state index contributed by atoms with van der Waals surface area (Å²) in [6.07, 6.45) is 2.07. The van der Waals surface area contributed by atoms with Crippen LogP contribution < -0.4 is 9.47 Å². The van der Waals surface area contributed by atoms with Gasteiger partial charge in [-0.15, -0.1) is 0 Å². The van der Waals surface area contributed by atoms with Crippen LogP contribution in [0.4, 0.5) is 0 Å². The fraction of sp³-hybridized carbons (Fsp3) is 0.500. The van der Waals surface area contributed by atoms with Crippen LogP contribution in [-0.4, -0.2) is 25.4 Å². The zero-order chi connectivity index (χ0) is 10.8. The minimum atomic E-state index is -0.251. The quantitative estimate of drug-likeness (QED) is 0.801. The summed E-state index contributed by atoms with van der Waals surface area (Å²) in [6, 6.07) is 3.82. The zero-order valence-corrected chi connectivity index (χ0v) is 9.12. The molecule has 1 aromatic carbocycles. The molecule has 3 heteroatoms. The highest BCUT2D eigenvalue weighted by molar-refractivity contribution is 5.50. The maximum absolute atomic E-state index is 9.64. The molecule has 0 fully saturated rings. The van der Waals surface area contributed by atoms with Crippen molar-refractivity contribution in [1.29, 1.82) is 0 Å². The second-order valence-electron chi connectivity index (χ2n) is 3.82. The van der Waals surface area contributed by atoms with E-state index in [9.17, 15) is 5.11 Å². The highest BCUT2D eigenvalue weighted by atomic mass is 16.5. The standard InChI is InChI=1S/C12H16O3/c1-14-11-5-6-12(15-2)10-7-8(13)3-4-9(10)11/h5-6,8,13H,3-4,7H2,1-2H3. The zero-order valence-electron chi connectivity index (χ0n) is 9.12. The minimum Gasteiger partial charge on any atom is -0.496 e. The van der Waals surface area contributed by atoms with Crippen molar-refractivity contribution < 1.29 is 14.6 Å². The molecule has 0 radical (unpaired) electrons. The van der Waals surface area contributed by atoms with Gasteiger partial charge < -0.3 is 14.6 Å². The van der Waals surface area contributed by atoms with Gasteiger partial charge in [0, 0.05) is 17.5 Å². The van der Waals surface area contributed by atoms with Gasteiger partial charge in [-0.05, 0) is 25.0 Å². The van der Waals surface area contributed by atoms with Crippen LogP contribution in [0.15, 0.2) is 12.1 Å². The Labute approximate surface area is 89.6 Å². The van der Waals surface area contributed by atoms with Crippen molar-refractivity contribution >= 4 is 0 Å². The smallest absolute Gasteiger partial charge is 0.122 e. The van der Waals surface area contributed by atoms with Crippen LogP contribution >= 0.6 is 0 Å². The summed E-state index contributed by atoms with van der Waals surface area (Å²) in [4.78, 5) is 0. The number of hydrogen-bond donors (Lipinski definition) is 1. The summed E-state index contributed by atoms with van der Waals surface area (Å²) in [5, 5.41) is 9.64. The fourth-order valence-electron chi connectivity index (χ4n) is 2.18. The monoisotopic (exact) mass is 208 g/mol. The average molecular weight is 208 g/mol. The van der Waals surface area contributed by atoms with E-state index in [1.807, 2.05) is 12.1 Å². The molecule has 1 aliphatic carbocycles. The van der Waals surface area contributed by atoms with Gasteiger partial charge in [-0.25, -0.2) is 0 Å². The number of aliphatic hydroxyl groups excluding tert-OH is 1. The van der Waals surface area contributed by atoms with E-state index >= 15 is 0 Å². The van der Waals surface area contributed by atoms with Crippen molar-refractivity contribution in [3.63, 3.8) is 0 Å². The number of hydrogen-bond acceptors (Lipinski definition) is 3. The molecule has 0 bridgehead atoms. The van der Waals surface area contributed by atoms with Crippen LogP contribution in [0.3, 0.4) is 0 Å². The van der Waals surface area contributed by atoms with E-state index in [-0.39, 0.29) is 6.10 Å². The fourth-order valence-corrected chi connectivity index (χ4v) is 2.18. The summed E-state index contributed by atoms with van der Waals surface area (Å²) < 4.78 is 10.6. The third-order valence-electron chi connectivity index (χ3n) is 2.95. The summed E-state index contributed by atoms with van der Waals surface area (Å²) in [5.74, 6) is 1.75. The van der Waals surface area contributed by atoms with Crippen LogP contribution in [0.1, 0.15) is 17.5 Å². The molecule has 1 N–H and O–H groups in total. The third kappa shape index (κ3) is 1.79. The first kappa shape index (κ1) is 10.3. The number of ether oxygens (including phenoxy) is 2. The summed E-state index contributed by atoms with van der Waals surface area (Å²) in [7, 11) is 3.33. The summed E-state index contributed by atoms with van der Waals surface area (Å²) >= 11 is 0. The highest BCUT2D eigenvalue weighted by Gasteiger charge is 2.22. The molecular weight excluding hydrogens is 192 g/mol. The van der Waals surface area contributed by atoms with E-state index in [1.165, 1.54) is 5.56 Å². The van der Waals surface area contributed by atoms with Crippen molar-refractivity contribution in [2.75, 3.05) is 14.2 Å². The van der Waals surface area contributed by atoms with Crippen molar-refractivity contribution in [1.82, 2.24) is 0 Å². The van der Waals surface area contributed by atoms with Crippen LogP contribution in [0.5, 0.6) is 11.5 Å². The van der Waals surface area contributed by atoms with Gasteiger partial charge in [0.15, 0.2) is 0 Å². The van der Waals surface area contributed by atoms with Crippen molar-refractivity contribution in [3.8, 4) is 11.5 Å². The van der Waals surface area contributed by atoms with Crippen molar-refractivity contribution in [2.45, 2.75) is 25.4 Å². The van der Waals surface area contributed by atoms with Gasteiger partial charge in [-0.3, -0.25) is 0 Å². The highest BCUT2D eigenvalue weighted by Crippen LogP contribution is 2.35. The minimum absolute atomic E-state index is 0.251. The van der Waals surface area contributed by atoms with E-state index in [2.05, 4.69) is 0 Å². The predicted octanol–water partition coefficient (Wildman–Crippen LogP) is 1.55. The molecule has 1 atom stereocenters. The molecule has 2 rings (SSSR count). The molecule has 15 heavy (non-hydrogen) atoms. The predicted molar refractivity (Wildman–Crippen MR) is 57.6 cm³/mol. The molecular formula is C12H16O3. The molecule has 0 saturated carbocycles. The first-order valence-electron chi connectivity index (χ1n) is 5.17. The number of aliphatic hydroxyl groups is 1. The van der Waals surface area contributed by atoms with Crippen molar-refractivity contribution in [2.24, 2.45) is 0 Å². The Kier molecular flexibility index (Phi) is 2.82. The molecule has 82 valence electrons. The van der Waals surface area contributed by atoms with Gasteiger partial charge in [-0.2, -0.15) is 0 Å². The summed E-state index contributed by atoms with van der Waals surface area (Å²) in [5.41, 5.74) is 2.28. The maximum atomic E-state index is 9.64. The van der Waals surface area contributed by atoms with Crippen LogP contribution in [0, 0.1) is 0 Å². The van der Waals surface area contributed by atoms with E-state index in [0.29, 0.717) is 6.42 Å². The maximum Gasteiger partial charge on any atom is 0.122 e. The molecule has 1 aromatic rings. The number of benzene rings is 1. The molecule has 0 amide bonds. The Morgan fingerprint density at radius 1 is 1.13 bits per heavy atom. The molecule has 0 aliphatic heterocycles. The molecule has 1 aliphatic rings. The van der Waals surface area contributed by atoms with Crippen molar-refractivity contribution in [3.05, 3.63) is 23.3 Å². The molecule has 0 saturated heterocycles. The lowest BCUT2D eigenvalue weighted by molar-refractivity contribution is 0.156. The Balaban J connectivity index is 2.48. The SMILES string of the molecule is COc1ccc(OC)c2c1CCC(O)C2. The second-order valence-corrected chi connectivity index (χ2v) is 3.82. The van der Waals surface area contributed by atoms with Gasteiger partial charge in [0.1, 0.15) is 11.5 Å². The second kappa shape index (κ2) is 4.11. The molecule has 3 nitrogen and oxygen atoms in total. The van der Waals surface area contributed by atoms with Crippen LogP contribution in [0.25, 0.3) is 0 Å². The lowest BCUT2D eigenvalue weighted by Gasteiger charge is -2.24. The van der Waals surface area contributed by atoms with E-state index in [1.54, 1.807) is 14.2 Å². The first-order valence-corrected chi connectivity index (χ1v) is 5.17. The van der Waals surface area contributed by atoms with E-state index in [4.69, 9.17) is 9.47 Å². The Morgan fingerprint density at radius 2 is 1.73 bits per heavy atom. The van der Waals surface area contributed by atoms with Gasteiger partial charge in [-0.1, -0.05) is 0 Å². The lowest BCUT2D eigenvalue weighted by atomic mass is 9.88. The Hall–Kier alpha value is -1.22. The van der Waals surface area contributed by atoms with Crippen LogP contribution in [-0.2, 0) is 12.8 Å². The Morgan fingerprint density at radius 3 is 2.33 bits per heavy atom. The largest absolute Gasteiger partial charge is 0.496 e. The average Bonchev–Trinajstić information content (AvgIpc) is 2.27. The Bertz CT molecular complexity index is 360. The first-order chi connectivity index (χ1) is 7.26. The lowest BCUT2D eigenvalue weighted by Crippen LogP contribution is -2.19. The number of rotatable bonds is 2. The van der Waals surface area contributed by atoms with Crippen LogP contribution in [0.2, 0.25) is 0 Å². The van der Waals surface area contributed by atoms with Gasteiger partial charge in [0.2, 0.25) is 0 Å². The molecule has 0 heterocycles. The normalized spacial score (nSPS) is 19.5. The summed E-state index contributed by atoms with van der Waals surface area (Å²) in [6.45, 7) is 0. The molecule has 0 aromatic heterocycles. The molecule has 0 spiro atoms. The third-order valence-corrected chi connectivity index (χ3v) is 2.95. The van der Waals surface area contributed by atoms with E-state index < -0.39 is 0 Å².